The van der Waals surface area contributed by atoms with Crippen molar-refractivity contribution < 1.29 is 4.74 Å². The summed E-state index contributed by atoms with van der Waals surface area (Å²) in [5.74, 6) is 1.51. The van der Waals surface area contributed by atoms with Crippen molar-refractivity contribution in [2.75, 3.05) is 12.4 Å². The average Bonchev–Trinajstić information content (AvgIpc) is 2.96. The number of aromatic nitrogens is 5. The number of fused-ring (bicyclic) bond motifs is 1. The predicted molar refractivity (Wildman–Crippen MR) is 79.1 cm³/mol. The number of anilines is 1. The fraction of sp³-hybridized carbons (Fsp3) is 0.286. The van der Waals surface area contributed by atoms with E-state index in [1.165, 1.54) is 6.33 Å². The maximum Gasteiger partial charge on any atom is 0.183 e. The summed E-state index contributed by atoms with van der Waals surface area (Å²) in [6.07, 6.45) is 1.52. The quantitative estimate of drug-likeness (QED) is 0.770. The summed E-state index contributed by atoms with van der Waals surface area (Å²) in [7, 11) is 1.66. The van der Waals surface area contributed by atoms with Gasteiger partial charge in [0.05, 0.1) is 7.11 Å². The van der Waals surface area contributed by atoms with Gasteiger partial charge in [-0.25, -0.2) is 14.6 Å². The molecule has 0 unspecified atom stereocenters. The van der Waals surface area contributed by atoms with E-state index in [-0.39, 0.29) is 0 Å². The summed E-state index contributed by atoms with van der Waals surface area (Å²) in [6.45, 7) is 3.31. The van der Waals surface area contributed by atoms with Crippen molar-refractivity contribution in [2.24, 2.45) is 0 Å². The maximum absolute atomic E-state index is 5.34. The van der Waals surface area contributed by atoms with E-state index in [4.69, 9.17) is 4.74 Å². The Kier molecular flexibility index (Phi) is 3.63. The Balaban J connectivity index is 1.87. The van der Waals surface area contributed by atoms with Gasteiger partial charge in [0.15, 0.2) is 17.0 Å². The third-order valence-corrected chi connectivity index (χ3v) is 3.24. The van der Waals surface area contributed by atoms with E-state index >= 15 is 0 Å². The van der Waals surface area contributed by atoms with Gasteiger partial charge < -0.3 is 10.1 Å². The molecule has 0 saturated carbocycles. The van der Waals surface area contributed by atoms with Crippen LogP contribution in [0, 0.1) is 0 Å². The summed E-state index contributed by atoms with van der Waals surface area (Å²) < 4.78 is 7.08. The third kappa shape index (κ3) is 2.49. The largest absolute Gasteiger partial charge is 0.496 e. The molecule has 2 heterocycles. The fourth-order valence-electron chi connectivity index (χ4n) is 2.16. The molecule has 1 aromatic carbocycles. The second-order valence-electron chi connectivity index (χ2n) is 4.47. The van der Waals surface area contributed by atoms with E-state index in [9.17, 15) is 0 Å². The number of nitrogens with one attached hydrogen (secondary N) is 1. The van der Waals surface area contributed by atoms with Crippen LogP contribution in [0.3, 0.4) is 0 Å². The van der Waals surface area contributed by atoms with E-state index in [2.05, 4.69) is 25.6 Å². The molecule has 2 aromatic heterocycles. The second-order valence-corrected chi connectivity index (χ2v) is 4.47. The molecule has 0 spiro atoms. The minimum Gasteiger partial charge on any atom is -0.496 e. The molecule has 3 aromatic rings. The van der Waals surface area contributed by atoms with Crippen molar-refractivity contribution >= 4 is 17.0 Å². The van der Waals surface area contributed by atoms with Crippen molar-refractivity contribution in [3.8, 4) is 5.75 Å². The topological polar surface area (TPSA) is 77.8 Å². The first kappa shape index (κ1) is 13.3. The number of aryl methyl sites for hydroxylation is 1. The zero-order chi connectivity index (χ0) is 14.7. The highest BCUT2D eigenvalue weighted by Gasteiger charge is 2.11. The first-order chi connectivity index (χ1) is 10.3. The van der Waals surface area contributed by atoms with Gasteiger partial charge in [-0.05, 0) is 13.0 Å². The standard InChI is InChI=1S/C14H16N6O/c1-3-20-14-12(18-19-20)13(16-9-17-14)15-8-10-6-4-5-7-11(10)21-2/h4-7,9H,3,8H2,1-2H3,(H,15,16,17). The highest BCUT2D eigenvalue weighted by Crippen LogP contribution is 2.20. The first-order valence-corrected chi connectivity index (χ1v) is 6.73. The molecule has 0 amide bonds. The van der Waals surface area contributed by atoms with Crippen molar-refractivity contribution in [1.82, 2.24) is 25.0 Å². The molecule has 0 saturated heterocycles. The molecule has 0 aliphatic heterocycles. The van der Waals surface area contributed by atoms with E-state index in [0.29, 0.717) is 17.9 Å². The lowest BCUT2D eigenvalue weighted by Gasteiger charge is -2.09. The Hall–Kier alpha value is -2.70. The number of benzene rings is 1. The van der Waals surface area contributed by atoms with Crippen LogP contribution in [0.5, 0.6) is 5.75 Å². The molecule has 0 fully saturated rings. The highest BCUT2D eigenvalue weighted by molar-refractivity contribution is 5.81. The average molecular weight is 284 g/mol. The number of hydrogen-bond donors (Lipinski definition) is 1. The van der Waals surface area contributed by atoms with Gasteiger partial charge in [-0.3, -0.25) is 0 Å². The summed E-state index contributed by atoms with van der Waals surface area (Å²) >= 11 is 0. The smallest absolute Gasteiger partial charge is 0.183 e. The maximum atomic E-state index is 5.34. The second kappa shape index (κ2) is 5.74. The SMILES string of the molecule is CCn1nnc2c(NCc3ccccc3OC)ncnc21. The van der Waals surface area contributed by atoms with Crippen LogP contribution >= 0.6 is 0 Å². The highest BCUT2D eigenvalue weighted by atomic mass is 16.5. The lowest BCUT2D eigenvalue weighted by molar-refractivity contribution is 0.410. The Bertz CT molecular complexity index is 754. The Morgan fingerprint density at radius 1 is 1.24 bits per heavy atom. The molecule has 0 radical (unpaired) electrons. The van der Waals surface area contributed by atoms with Crippen LogP contribution < -0.4 is 10.1 Å². The molecule has 108 valence electrons. The molecular formula is C14H16N6O. The van der Waals surface area contributed by atoms with Crippen LogP contribution in [-0.4, -0.2) is 32.1 Å². The molecule has 0 aliphatic carbocycles. The van der Waals surface area contributed by atoms with Crippen molar-refractivity contribution in [1.29, 1.82) is 0 Å². The number of hydrogen-bond acceptors (Lipinski definition) is 6. The number of nitrogens with zero attached hydrogens (tertiary/aromatic N) is 5. The molecule has 0 bridgehead atoms. The minimum atomic E-state index is 0.592. The lowest BCUT2D eigenvalue weighted by atomic mass is 10.2. The van der Waals surface area contributed by atoms with Gasteiger partial charge in [-0.1, -0.05) is 23.4 Å². The molecular weight excluding hydrogens is 268 g/mol. The van der Waals surface area contributed by atoms with Gasteiger partial charge in [0.2, 0.25) is 0 Å². The fourth-order valence-corrected chi connectivity index (χ4v) is 2.16. The summed E-state index contributed by atoms with van der Waals surface area (Å²) in [4.78, 5) is 8.47. The lowest BCUT2D eigenvalue weighted by Crippen LogP contribution is -2.04. The Labute approximate surface area is 122 Å². The van der Waals surface area contributed by atoms with E-state index in [1.54, 1.807) is 11.8 Å². The van der Waals surface area contributed by atoms with Crippen LogP contribution in [0.25, 0.3) is 11.2 Å². The Morgan fingerprint density at radius 3 is 2.90 bits per heavy atom. The molecule has 3 rings (SSSR count). The Morgan fingerprint density at radius 2 is 2.10 bits per heavy atom. The number of ether oxygens (including phenoxy) is 1. The van der Waals surface area contributed by atoms with Gasteiger partial charge in [0, 0.05) is 18.7 Å². The predicted octanol–water partition coefficient (Wildman–Crippen LogP) is 1.86. The van der Waals surface area contributed by atoms with Gasteiger partial charge in [-0.2, -0.15) is 0 Å². The van der Waals surface area contributed by atoms with Gasteiger partial charge in [0.25, 0.3) is 0 Å². The van der Waals surface area contributed by atoms with Crippen molar-refractivity contribution in [3.05, 3.63) is 36.2 Å². The monoisotopic (exact) mass is 284 g/mol. The summed E-state index contributed by atoms with van der Waals surface area (Å²) in [6, 6.07) is 7.85. The van der Waals surface area contributed by atoms with Crippen LogP contribution in [0.2, 0.25) is 0 Å². The van der Waals surface area contributed by atoms with Crippen molar-refractivity contribution in [3.63, 3.8) is 0 Å². The third-order valence-electron chi connectivity index (χ3n) is 3.24. The molecule has 7 heteroatoms. The normalized spacial score (nSPS) is 10.8. The number of methoxy groups -OCH3 is 1. The molecule has 0 aliphatic rings. The van der Waals surface area contributed by atoms with Crippen molar-refractivity contribution in [2.45, 2.75) is 20.0 Å². The zero-order valence-electron chi connectivity index (χ0n) is 11.9. The molecule has 21 heavy (non-hydrogen) atoms. The van der Waals surface area contributed by atoms with Gasteiger partial charge in [-0.15, -0.1) is 5.10 Å². The van der Waals surface area contributed by atoms with Gasteiger partial charge in [0.1, 0.15) is 12.1 Å². The first-order valence-electron chi connectivity index (χ1n) is 6.73. The summed E-state index contributed by atoms with van der Waals surface area (Å²) in [5, 5.41) is 11.5. The van der Waals surface area contributed by atoms with E-state index in [0.717, 1.165) is 23.5 Å². The van der Waals surface area contributed by atoms with E-state index < -0.39 is 0 Å². The zero-order valence-corrected chi connectivity index (χ0v) is 11.9. The van der Waals surface area contributed by atoms with Crippen LogP contribution in [0.15, 0.2) is 30.6 Å². The van der Waals surface area contributed by atoms with Crippen LogP contribution in [0.4, 0.5) is 5.82 Å². The van der Waals surface area contributed by atoms with Gasteiger partial charge >= 0.3 is 0 Å². The number of para-hydroxylation sites is 1. The molecule has 1 N–H and O–H groups in total. The van der Waals surface area contributed by atoms with E-state index in [1.807, 2.05) is 31.2 Å². The number of rotatable bonds is 5. The minimum absolute atomic E-state index is 0.592. The van der Waals surface area contributed by atoms with Crippen LogP contribution in [-0.2, 0) is 13.1 Å². The summed E-state index contributed by atoms with van der Waals surface area (Å²) in [5.41, 5.74) is 2.46. The molecule has 0 atom stereocenters. The van der Waals surface area contributed by atoms with Crippen LogP contribution in [0.1, 0.15) is 12.5 Å². The molecule has 7 nitrogen and oxygen atoms in total.